The largest absolute Gasteiger partial charge is 0.378 e. The Labute approximate surface area is 174 Å². The predicted molar refractivity (Wildman–Crippen MR) is 110 cm³/mol. The fourth-order valence-corrected chi connectivity index (χ4v) is 4.21. The topological polar surface area (TPSA) is 68.6 Å². The highest BCUT2D eigenvalue weighted by atomic mass is 35.5. The Morgan fingerprint density at radius 1 is 1.07 bits per heavy atom. The van der Waals surface area contributed by atoms with Gasteiger partial charge in [0.15, 0.2) is 5.78 Å². The van der Waals surface area contributed by atoms with E-state index in [4.69, 9.17) is 16.3 Å². The van der Waals surface area contributed by atoms with Crippen molar-refractivity contribution >= 4 is 23.3 Å². The number of morpholine rings is 1. The number of fused-ring (bicyclic) bond motifs is 1. The van der Waals surface area contributed by atoms with Crippen molar-refractivity contribution in [1.82, 2.24) is 9.47 Å². The lowest BCUT2D eigenvalue weighted by atomic mass is 9.73. The van der Waals surface area contributed by atoms with E-state index in [1.165, 1.54) is 4.57 Å². The lowest BCUT2D eigenvalue weighted by molar-refractivity contribution is 0.0300. The lowest BCUT2D eigenvalue weighted by Gasteiger charge is -2.33. The van der Waals surface area contributed by atoms with Gasteiger partial charge in [0, 0.05) is 42.0 Å². The van der Waals surface area contributed by atoms with Gasteiger partial charge in [-0.15, -0.1) is 0 Å². The van der Waals surface area contributed by atoms with Crippen molar-refractivity contribution in [1.29, 1.82) is 0 Å². The quantitative estimate of drug-likeness (QED) is 0.757. The van der Waals surface area contributed by atoms with E-state index < -0.39 is 5.56 Å². The molecular weight excluding hydrogens is 392 g/mol. The van der Waals surface area contributed by atoms with Crippen molar-refractivity contribution in [2.75, 3.05) is 26.3 Å². The number of Topliss-reactive ketones (excluding diaryl/α,β-unsaturated/α-hetero) is 1. The van der Waals surface area contributed by atoms with E-state index >= 15 is 0 Å². The molecule has 29 heavy (non-hydrogen) atoms. The third kappa shape index (κ3) is 3.74. The van der Waals surface area contributed by atoms with Crippen LogP contribution in [-0.4, -0.2) is 47.5 Å². The lowest BCUT2D eigenvalue weighted by Crippen LogP contribution is -2.45. The van der Waals surface area contributed by atoms with E-state index in [1.54, 1.807) is 35.4 Å². The maximum Gasteiger partial charge on any atom is 0.268 e. The van der Waals surface area contributed by atoms with E-state index in [1.807, 2.05) is 13.8 Å². The molecule has 0 N–H and O–H groups in total. The van der Waals surface area contributed by atoms with Crippen LogP contribution in [-0.2, 0) is 11.2 Å². The third-order valence-corrected chi connectivity index (χ3v) is 5.78. The summed E-state index contributed by atoms with van der Waals surface area (Å²) < 4.78 is 6.73. The second-order valence-electron chi connectivity index (χ2n) is 8.39. The first kappa shape index (κ1) is 19.9. The summed E-state index contributed by atoms with van der Waals surface area (Å²) >= 11 is 5.98. The molecule has 1 amide bonds. The summed E-state index contributed by atoms with van der Waals surface area (Å²) in [4.78, 5) is 41.4. The summed E-state index contributed by atoms with van der Waals surface area (Å²) in [5.41, 5.74) is 0.973. The van der Waals surface area contributed by atoms with Gasteiger partial charge >= 0.3 is 0 Å². The molecule has 1 aliphatic carbocycles. The van der Waals surface area contributed by atoms with Crippen LogP contribution < -0.4 is 5.56 Å². The number of benzene rings is 1. The Hall–Kier alpha value is -2.44. The highest BCUT2D eigenvalue weighted by Crippen LogP contribution is 2.36. The standard InChI is InChI=1S/C22H23ClN2O4/c1-22(2)11-16-17(18(26)12-22)13-25(15-5-3-14(23)4-6-15)21(28)19(16)20(27)24-7-9-29-10-8-24/h3-6,13H,7-12H2,1-2H3. The molecule has 0 atom stereocenters. The number of nitrogens with zero attached hydrogens (tertiary/aromatic N) is 2. The number of ketones is 1. The first-order valence-electron chi connectivity index (χ1n) is 9.71. The van der Waals surface area contributed by atoms with E-state index in [2.05, 4.69) is 0 Å². The minimum absolute atomic E-state index is 0.0463. The summed E-state index contributed by atoms with van der Waals surface area (Å²) in [5.74, 6) is -0.377. The van der Waals surface area contributed by atoms with Crippen molar-refractivity contribution in [3.63, 3.8) is 0 Å². The molecule has 4 rings (SSSR count). The van der Waals surface area contributed by atoms with Gasteiger partial charge in [0.1, 0.15) is 5.56 Å². The van der Waals surface area contributed by atoms with Crippen molar-refractivity contribution < 1.29 is 14.3 Å². The molecule has 1 fully saturated rings. The molecule has 2 aliphatic rings. The van der Waals surface area contributed by atoms with E-state index in [9.17, 15) is 14.4 Å². The molecule has 0 unspecified atom stereocenters. The van der Waals surface area contributed by atoms with Gasteiger partial charge in [0.25, 0.3) is 11.5 Å². The smallest absolute Gasteiger partial charge is 0.268 e. The number of ether oxygens (including phenoxy) is 1. The van der Waals surface area contributed by atoms with Crippen LogP contribution in [0, 0.1) is 5.41 Å². The molecule has 0 bridgehead atoms. The van der Waals surface area contributed by atoms with Gasteiger partial charge in [-0.3, -0.25) is 19.0 Å². The van der Waals surface area contributed by atoms with Crippen molar-refractivity contribution in [2.24, 2.45) is 5.41 Å². The van der Waals surface area contributed by atoms with Crippen LogP contribution >= 0.6 is 11.6 Å². The number of halogens is 1. The zero-order chi connectivity index (χ0) is 20.8. The Morgan fingerprint density at radius 2 is 1.72 bits per heavy atom. The summed E-state index contributed by atoms with van der Waals surface area (Å²) in [5, 5.41) is 0.544. The number of pyridine rings is 1. The Morgan fingerprint density at radius 3 is 2.38 bits per heavy atom. The van der Waals surface area contributed by atoms with Crippen molar-refractivity contribution in [3.8, 4) is 5.69 Å². The van der Waals surface area contributed by atoms with Crippen LogP contribution in [0.5, 0.6) is 0 Å². The molecule has 1 saturated heterocycles. The summed E-state index contributed by atoms with van der Waals surface area (Å²) in [6.45, 7) is 5.72. The highest BCUT2D eigenvalue weighted by molar-refractivity contribution is 6.30. The molecule has 1 aliphatic heterocycles. The van der Waals surface area contributed by atoms with E-state index in [0.29, 0.717) is 61.0 Å². The Bertz CT molecular complexity index is 1030. The summed E-state index contributed by atoms with van der Waals surface area (Å²) in [6.07, 6.45) is 2.47. The molecular formula is C22H23ClN2O4. The summed E-state index contributed by atoms with van der Waals surface area (Å²) in [6, 6.07) is 6.76. The molecule has 0 saturated carbocycles. The first-order valence-corrected chi connectivity index (χ1v) is 10.1. The van der Waals surface area contributed by atoms with Crippen molar-refractivity contribution in [3.05, 3.63) is 62.5 Å². The second kappa shape index (κ2) is 7.43. The van der Waals surface area contributed by atoms with Gasteiger partial charge < -0.3 is 9.64 Å². The molecule has 7 heteroatoms. The van der Waals surface area contributed by atoms with Gasteiger partial charge in [0.05, 0.1) is 13.2 Å². The molecule has 2 aromatic rings. The van der Waals surface area contributed by atoms with Crippen molar-refractivity contribution in [2.45, 2.75) is 26.7 Å². The van der Waals surface area contributed by atoms with Crippen LogP contribution in [0.3, 0.4) is 0 Å². The normalized spacial score (nSPS) is 18.4. The molecule has 2 heterocycles. The molecule has 1 aromatic heterocycles. The average Bonchev–Trinajstić information content (AvgIpc) is 2.68. The number of rotatable bonds is 2. The molecule has 6 nitrogen and oxygen atoms in total. The fraction of sp³-hybridized carbons (Fsp3) is 0.409. The predicted octanol–water partition coefficient (Wildman–Crippen LogP) is 3.12. The number of carbonyl (C=O) groups is 2. The highest BCUT2D eigenvalue weighted by Gasteiger charge is 2.37. The maximum atomic E-state index is 13.5. The third-order valence-electron chi connectivity index (χ3n) is 5.53. The minimum Gasteiger partial charge on any atom is -0.378 e. The van der Waals surface area contributed by atoms with E-state index in [-0.39, 0.29) is 22.7 Å². The molecule has 152 valence electrons. The van der Waals surface area contributed by atoms with Crippen LogP contribution in [0.2, 0.25) is 5.02 Å². The average molecular weight is 415 g/mol. The Kier molecular flexibility index (Phi) is 5.09. The van der Waals surface area contributed by atoms with Crippen LogP contribution in [0.25, 0.3) is 5.69 Å². The number of hydrogen-bond donors (Lipinski definition) is 0. The number of aromatic nitrogens is 1. The number of amides is 1. The van der Waals surface area contributed by atoms with Gasteiger partial charge in [-0.1, -0.05) is 25.4 Å². The molecule has 0 spiro atoms. The summed E-state index contributed by atoms with van der Waals surface area (Å²) in [7, 11) is 0. The van der Waals surface area contributed by atoms with Gasteiger partial charge in [-0.05, 0) is 41.7 Å². The van der Waals surface area contributed by atoms with Crippen LogP contribution in [0.4, 0.5) is 0 Å². The number of carbonyl (C=O) groups excluding carboxylic acids is 2. The monoisotopic (exact) mass is 414 g/mol. The zero-order valence-electron chi connectivity index (χ0n) is 16.5. The van der Waals surface area contributed by atoms with Gasteiger partial charge in [0.2, 0.25) is 0 Å². The van der Waals surface area contributed by atoms with Gasteiger partial charge in [-0.25, -0.2) is 0 Å². The maximum absolute atomic E-state index is 13.5. The minimum atomic E-state index is -0.409. The molecule has 0 radical (unpaired) electrons. The SMILES string of the molecule is CC1(C)CC(=O)c2cn(-c3ccc(Cl)cc3)c(=O)c(C(=O)N3CCOCC3)c2C1. The first-order chi connectivity index (χ1) is 13.8. The Balaban J connectivity index is 1.93. The van der Waals surface area contributed by atoms with E-state index in [0.717, 1.165) is 0 Å². The van der Waals surface area contributed by atoms with Gasteiger partial charge in [-0.2, -0.15) is 0 Å². The number of hydrogen-bond acceptors (Lipinski definition) is 4. The fourth-order valence-electron chi connectivity index (χ4n) is 4.08. The second-order valence-corrected chi connectivity index (χ2v) is 8.83. The van der Waals surface area contributed by atoms with Crippen LogP contribution in [0.1, 0.15) is 46.5 Å². The zero-order valence-corrected chi connectivity index (χ0v) is 17.3. The van der Waals surface area contributed by atoms with Crippen LogP contribution in [0.15, 0.2) is 35.3 Å². The molecule has 1 aromatic carbocycles.